The Kier molecular flexibility index (Phi) is 4.72. The summed E-state index contributed by atoms with van der Waals surface area (Å²) >= 11 is 0. The maximum absolute atomic E-state index is 6.40. The molecule has 2 N–H and O–H groups in total. The summed E-state index contributed by atoms with van der Waals surface area (Å²) in [6.07, 6.45) is 1.89. The number of hydrogen-bond acceptors (Lipinski definition) is 2. The van der Waals surface area contributed by atoms with Crippen molar-refractivity contribution in [3.8, 4) is 0 Å². The van der Waals surface area contributed by atoms with Crippen LogP contribution in [-0.2, 0) is 13.0 Å². The maximum atomic E-state index is 6.40. The van der Waals surface area contributed by atoms with Gasteiger partial charge in [0.2, 0.25) is 0 Å². The van der Waals surface area contributed by atoms with Gasteiger partial charge >= 0.3 is 0 Å². The number of para-hydroxylation sites is 2. The summed E-state index contributed by atoms with van der Waals surface area (Å²) < 4.78 is 2.29. The van der Waals surface area contributed by atoms with Crippen LogP contribution in [0.1, 0.15) is 46.9 Å². The standard InChI is InChI=1S/C18H29N3/c1-6-21-16-10-8-7-9-15(16)20-17(21)12-14(19)11-13(2)18(3,4)5/h7-10,13-14H,6,11-12,19H2,1-5H3. The molecule has 0 bridgehead atoms. The lowest BCUT2D eigenvalue weighted by atomic mass is 9.78. The molecule has 2 rings (SSSR count). The van der Waals surface area contributed by atoms with Gasteiger partial charge in [-0.2, -0.15) is 0 Å². The van der Waals surface area contributed by atoms with Crippen LogP contribution in [0, 0.1) is 11.3 Å². The zero-order valence-corrected chi connectivity index (χ0v) is 14.1. The molecule has 3 heteroatoms. The maximum Gasteiger partial charge on any atom is 0.111 e. The van der Waals surface area contributed by atoms with E-state index in [0.717, 1.165) is 30.7 Å². The lowest BCUT2D eigenvalue weighted by Crippen LogP contribution is -2.31. The molecule has 0 spiro atoms. The number of benzene rings is 1. The van der Waals surface area contributed by atoms with Gasteiger partial charge in [0, 0.05) is 19.0 Å². The first-order chi connectivity index (χ1) is 9.82. The van der Waals surface area contributed by atoms with Crippen LogP contribution in [0.25, 0.3) is 11.0 Å². The molecule has 0 aliphatic rings. The van der Waals surface area contributed by atoms with E-state index in [-0.39, 0.29) is 6.04 Å². The minimum atomic E-state index is 0.168. The fraction of sp³-hybridized carbons (Fsp3) is 0.611. The van der Waals surface area contributed by atoms with Crippen LogP contribution in [0.15, 0.2) is 24.3 Å². The Hall–Kier alpha value is -1.35. The molecule has 1 aromatic heterocycles. The fourth-order valence-electron chi connectivity index (χ4n) is 2.76. The third kappa shape index (κ3) is 3.65. The molecule has 2 atom stereocenters. The van der Waals surface area contributed by atoms with E-state index in [0.29, 0.717) is 11.3 Å². The molecule has 2 aromatic rings. The molecule has 0 radical (unpaired) electrons. The van der Waals surface area contributed by atoms with Crippen molar-refractivity contribution in [3.05, 3.63) is 30.1 Å². The van der Waals surface area contributed by atoms with E-state index in [1.54, 1.807) is 0 Å². The predicted octanol–water partition coefficient (Wildman–Crippen LogP) is 4.00. The topological polar surface area (TPSA) is 43.8 Å². The van der Waals surface area contributed by atoms with Gasteiger partial charge in [0.25, 0.3) is 0 Å². The summed E-state index contributed by atoms with van der Waals surface area (Å²) in [7, 11) is 0. The number of nitrogens with zero attached hydrogens (tertiary/aromatic N) is 2. The number of fused-ring (bicyclic) bond motifs is 1. The molecule has 0 aliphatic heterocycles. The first-order valence-electron chi connectivity index (χ1n) is 8.02. The predicted molar refractivity (Wildman–Crippen MR) is 90.3 cm³/mol. The molecular weight excluding hydrogens is 258 g/mol. The van der Waals surface area contributed by atoms with Crippen molar-refractivity contribution in [2.45, 2.75) is 60.0 Å². The number of imidazole rings is 1. The van der Waals surface area contributed by atoms with E-state index in [1.165, 1.54) is 5.52 Å². The molecule has 21 heavy (non-hydrogen) atoms. The van der Waals surface area contributed by atoms with Crippen molar-refractivity contribution < 1.29 is 0 Å². The quantitative estimate of drug-likeness (QED) is 0.903. The van der Waals surface area contributed by atoms with Gasteiger partial charge in [0.1, 0.15) is 5.82 Å². The molecule has 0 saturated heterocycles. The van der Waals surface area contributed by atoms with Crippen molar-refractivity contribution in [1.82, 2.24) is 9.55 Å². The van der Waals surface area contributed by atoms with E-state index < -0.39 is 0 Å². The highest BCUT2D eigenvalue weighted by Crippen LogP contribution is 2.29. The highest BCUT2D eigenvalue weighted by Gasteiger charge is 2.23. The third-order valence-electron chi connectivity index (χ3n) is 4.63. The molecule has 0 fully saturated rings. The Balaban J connectivity index is 2.16. The summed E-state index contributed by atoms with van der Waals surface area (Å²) in [4.78, 5) is 4.78. The van der Waals surface area contributed by atoms with Crippen molar-refractivity contribution in [3.63, 3.8) is 0 Å². The normalized spacial score (nSPS) is 15.3. The number of aromatic nitrogens is 2. The van der Waals surface area contributed by atoms with Crippen molar-refractivity contribution in [2.24, 2.45) is 17.1 Å². The Morgan fingerprint density at radius 1 is 1.24 bits per heavy atom. The third-order valence-corrected chi connectivity index (χ3v) is 4.63. The van der Waals surface area contributed by atoms with Crippen molar-refractivity contribution >= 4 is 11.0 Å². The minimum absolute atomic E-state index is 0.168. The first-order valence-corrected chi connectivity index (χ1v) is 8.02. The van der Waals surface area contributed by atoms with Crippen LogP contribution in [0.3, 0.4) is 0 Å². The summed E-state index contributed by atoms with van der Waals surface area (Å²) in [5, 5.41) is 0. The highest BCUT2D eigenvalue weighted by atomic mass is 15.1. The first kappa shape index (κ1) is 16.0. The van der Waals surface area contributed by atoms with Gasteiger partial charge in [-0.15, -0.1) is 0 Å². The van der Waals surface area contributed by atoms with E-state index in [1.807, 2.05) is 6.07 Å². The van der Waals surface area contributed by atoms with Gasteiger partial charge in [0.05, 0.1) is 11.0 Å². The summed E-state index contributed by atoms with van der Waals surface area (Å²) in [6.45, 7) is 12.3. The van der Waals surface area contributed by atoms with Crippen LogP contribution in [0.5, 0.6) is 0 Å². The highest BCUT2D eigenvalue weighted by molar-refractivity contribution is 5.75. The number of aryl methyl sites for hydroxylation is 1. The van der Waals surface area contributed by atoms with Crippen LogP contribution < -0.4 is 5.73 Å². The second kappa shape index (κ2) is 6.18. The van der Waals surface area contributed by atoms with Gasteiger partial charge in [-0.25, -0.2) is 4.98 Å². The summed E-state index contributed by atoms with van der Waals surface area (Å²) in [5.41, 5.74) is 8.99. The lowest BCUT2D eigenvalue weighted by Gasteiger charge is -2.29. The molecule has 0 amide bonds. The van der Waals surface area contributed by atoms with Crippen LogP contribution in [-0.4, -0.2) is 15.6 Å². The summed E-state index contributed by atoms with van der Waals surface area (Å²) in [6, 6.07) is 8.50. The van der Waals surface area contributed by atoms with Crippen LogP contribution in [0.4, 0.5) is 0 Å². The molecule has 3 nitrogen and oxygen atoms in total. The summed E-state index contributed by atoms with van der Waals surface area (Å²) in [5.74, 6) is 1.72. The lowest BCUT2D eigenvalue weighted by molar-refractivity contribution is 0.232. The molecule has 2 unspecified atom stereocenters. The zero-order chi connectivity index (χ0) is 15.6. The number of nitrogens with two attached hydrogens (primary N) is 1. The van der Waals surface area contributed by atoms with Gasteiger partial charge in [-0.1, -0.05) is 39.8 Å². The largest absolute Gasteiger partial charge is 0.328 e. The Labute approximate surface area is 128 Å². The SMILES string of the molecule is CCn1c(CC(N)CC(C)C(C)(C)C)nc2ccccc21. The van der Waals surface area contributed by atoms with Crippen LogP contribution >= 0.6 is 0 Å². The van der Waals surface area contributed by atoms with Gasteiger partial charge in [-0.05, 0) is 36.8 Å². The average Bonchev–Trinajstić information content (AvgIpc) is 2.74. The van der Waals surface area contributed by atoms with Crippen molar-refractivity contribution in [2.75, 3.05) is 0 Å². The molecular formula is C18H29N3. The molecule has 0 saturated carbocycles. The second-order valence-corrected chi connectivity index (χ2v) is 7.23. The zero-order valence-electron chi connectivity index (χ0n) is 14.1. The van der Waals surface area contributed by atoms with Crippen molar-refractivity contribution in [1.29, 1.82) is 0 Å². The Bertz CT molecular complexity index is 592. The Morgan fingerprint density at radius 2 is 1.90 bits per heavy atom. The average molecular weight is 287 g/mol. The molecule has 0 aliphatic carbocycles. The van der Waals surface area contributed by atoms with E-state index >= 15 is 0 Å². The molecule has 1 heterocycles. The van der Waals surface area contributed by atoms with Gasteiger partial charge in [0.15, 0.2) is 0 Å². The van der Waals surface area contributed by atoms with Crippen LogP contribution in [0.2, 0.25) is 0 Å². The second-order valence-electron chi connectivity index (χ2n) is 7.23. The Morgan fingerprint density at radius 3 is 2.52 bits per heavy atom. The monoisotopic (exact) mass is 287 g/mol. The van der Waals surface area contributed by atoms with Gasteiger partial charge in [-0.3, -0.25) is 0 Å². The van der Waals surface area contributed by atoms with Gasteiger partial charge < -0.3 is 10.3 Å². The van der Waals surface area contributed by atoms with E-state index in [2.05, 4.69) is 57.4 Å². The molecule has 116 valence electrons. The van der Waals surface area contributed by atoms with E-state index in [9.17, 15) is 0 Å². The van der Waals surface area contributed by atoms with E-state index in [4.69, 9.17) is 10.7 Å². The fourth-order valence-corrected chi connectivity index (χ4v) is 2.76. The smallest absolute Gasteiger partial charge is 0.111 e. The number of hydrogen-bond donors (Lipinski definition) is 1. The molecule has 1 aromatic carbocycles. The minimum Gasteiger partial charge on any atom is -0.328 e. The number of rotatable bonds is 5.